The van der Waals surface area contributed by atoms with E-state index in [0.717, 1.165) is 7.11 Å². The molecule has 2 aromatic rings. The maximum absolute atomic E-state index is 11.6. The first kappa shape index (κ1) is 20.3. The Bertz CT molecular complexity index is 900. The van der Waals surface area contributed by atoms with E-state index in [2.05, 4.69) is 35.3 Å². The van der Waals surface area contributed by atoms with Gasteiger partial charge in [0.2, 0.25) is 5.91 Å². The second-order valence-corrected chi connectivity index (χ2v) is 5.09. The van der Waals surface area contributed by atoms with Gasteiger partial charge in [-0.05, 0) is 12.1 Å². The molecular weight excluding hydrogens is 370 g/mol. The van der Waals surface area contributed by atoms with Crippen molar-refractivity contribution in [3.05, 3.63) is 36.4 Å². The van der Waals surface area contributed by atoms with Crippen LogP contribution in [0.5, 0.6) is 5.75 Å². The Morgan fingerprint density at radius 1 is 0.964 bits per heavy atom. The van der Waals surface area contributed by atoms with Gasteiger partial charge >= 0.3 is 12.2 Å². The lowest BCUT2D eigenvalue weighted by Crippen LogP contribution is -2.16. The smallest absolute Gasteiger partial charge is 0.453 e. The molecule has 28 heavy (non-hydrogen) atoms. The molecule has 2 rings (SSSR count). The third kappa shape index (κ3) is 5.76. The molecule has 0 unspecified atom stereocenters. The number of hydrogen-bond donors (Lipinski definition) is 2. The lowest BCUT2D eigenvalue weighted by atomic mass is 10.3. The number of methoxy groups -OCH3 is 2. The molecule has 11 nitrogen and oxygen atoms in total. The Balaban J connectivity index is 2.52. The van der Waals surface area contributed by atoms with Gasteiger partial charge in [0.1, 0.15) is 5.69 Å². The molecule has 0 aliphatic heterocycles. The summed E-state index contributed by atoms with van der Waals surface area (Å²) in [7, 11) is 2.29. The predicted octanol–water partition coefficient (Wildman–Crippen LogP) is 3.78. The van der Waals surface area contributed by atoms with Crippen LogP contribution in [-0.2, 0) is 14.3 Å². The number of hydrogen-bond acceptors (Lipinski definition) is 9. The number of amides is 2. The fraction of sp³-hybridized carbons (Fsp3) is 0.176. The standard InChI is InChI=1S/C17H17N5O6/c1-10(23)18-15-13(28-17(25)27-3)9-12(14(19-15)20-16(24)26-2)22-21-11-7-5-4-6-8-11/h4-9H,1-3H3,(H2,18,19,20,23,24). The summed E-state index contributed by atoms with van der Waals surface area (Å²) in [6.07, 6.45) is -1.85. The Morgan fingerprint density at radius 3 is 2.29 bits per heavy atom. The van der Waals surface area contributed by atoms with Crippen molar-refractivity contribution in [2.24, 2.45) is 10.2 Å². The van der Waals surface area contributed by atoms with E-state index in [4.69, 9.17) is 4.74 Å². The molecule has 0 aliphatic carbocycles. The first-order chi connectivity index (χ1) is 13.4. The number of rotatable bonds is 5. The van der Waals surface area contributed by atoms with E-state index in [9.17, 15) is 14.4 Å². The molecule has 0 aliphatic rings. The third-order valence-corrected chi connectivity index (χ3v) is 3.06. The Kier molecular flexibility index (Phi) is 6.97. The highest BCUT2D eigenvalue weighted by Crippen LogP contribution is 2.35. The number of pyridine rings is 1. The van der Waals surface area contributed by atoms with Gasteiger partial charge in [0, 0.05) is 13.0 Å². The van der Waals surface area contributed by atoms with Crippen LogP contribution in [0.25, 0.3) is 0 Å². The molecule has 146 valence electrons. The van der Waals surface area contributed by atoms with Gasteiger partial charge in [-0.2, -0.15) is 5.11 Å². The summed E-state index contributed by atoms with van der Waals surface area (Å²) in [5, 5.41) is 12.8. The lowest BCUT2D eigenvalue weighted by molar-refractivity contribution is -0.114. The van der Waals surface area contributed by atoms with Gasteiger partial charge in [0.05, 0.1) is 19.9 Å². The van der Waals surface area contributed by atoms with Crippen molar-refractivity contribution in [2.45, 2.75) is 6.92 Å². The van der Waals surface area contributed by atoms with E-state index in [1.165, 1.54) is 20.1 Å². The Hall–Kier alpha value is -4.02. The third-order valence-electron chi connectivity index (χ3n) is 3.06. The Morgan fingerprint density at radius 2 is 1.68 bits per heavy atom. The van der Waals surface area contributed by atoms with Gasteiger partial charge in [-0.1, -0.05) is 18.2 Å². The number of nitrogens with one attached hydrogen (secondary N) is 2. The summed E-state index contributed by atoms with van der Waals surface area (Å²) < 4.78 is 14.0. The van der Waals surface area contributed by atoms with E-state index in [1.54, 1.807) is 24.3 Å². The largest absolute Gasteiger partial charge is 0.513 e. The molecular formula is C17H17N5O6. The predicted molar refractivity (Wildman–Crippen MR) is 98.2 cm³/mol. The van der Waals surface area contributed by atoms with E-state index in [-0.39, 0.29) is 23.1 Å². The minimum absolute atomic E-state index is 0.0438. The van der Waals surface area contributed by atoms with Crippen LogP contribution in [0.3, 0.4) is 0 Å². The van der Waals surface area contributed by atoms with Crippen LogP contribution < -0.4 is 15.4 Å². The highest BCUT2D eigenvalue weighted by molar-refractivity contribution is 5.93. The SMILES string of the molecule is COC(=O)Nc1nc(NC(C)=O)c(OC(=O)OC)cc1N=Nc1ccccc1. The fourth-order valence-electron chi connectivity index (χ4n) is 1.87. The van der Waals surface area contributed by atoms with Crippen LogP contribution in [0, 0.1) is 0 Å². The topological polar surface area (TPSA) is 141 Å². The van der Waals surface area contributed by atoms with Gasteiger partial charge < -0.3 is 19.5 Å². The zero-order valence-electron chi connectivity index (χ0n) is 15.3. The minimum atomic E-state index is -1.03. The van der Waals surface area contributed by atoms with Gasteiger partial charge in [-0.25, -0.2) is 14.6 Å². The lowest BCUT2D eigenvalue weighted by Gasteiger charge is -2.13. The molecule has 0 fully saturated rings. The molecule has 0 radical (unpaired) electrons. The molecule has 0 spiro atoms. The molecule has 0 saturated heterocycles. The van der Waals surface area contributed by atoms with E-state index in [0.29, 0.717) is 5.69 Å². The molecule has 11 heteroatoms. The maximum Gasteiger partial charge on any atom is 0.513 e. The molecule has 1 aromatic carbocycles. The zero-order chi connectivity index (χ0) is 20.5. The van der Waals surface area contributed by atoms with Crippen molar-refractivity contribution in [1.29, 1.82) is 0 Å². The second kappa shape index (κ2) is 9.62. The van der Waals surface area contributed by atoms with Gasteiger partial charge in [0.15, 0.2) is 17.4 Å². The van der Waals surface area contributed by atoms with E-state index < -0.39 is 18.2 Å². The first-order valence-corrected chi connectivity index (χ1v) is 7.83. The van der Waals surface area contributed by atoms with Gasteiger partial charge in [0.25, 0.3) is 0 Å². The highest BCUT2D eigenvalue weighted by atomic mass is 16.7. The normalized spacial score (nSPS) is 10.2. The molecule has 0 bridgehead atoms. The van der Waals surface area contributed by atoms with Crippen LogP contribution in [0.2, 0.25) is 0 Å². The van der Waals surface area contributed by atoms with Crippen LogP contribution in [0.1, 0.15) is 6.92 Å². The first-order valence-electron chi connectivity index (χ1n) is 7.83. The van der Waals surface area contributed by atoms with Crippen LogP contribution in [-0.4, -0.2) is 37.4 Å². The molecule has 1 heterocycles. The number of ether oxygens (including phenoxy) is 3. The molecule has 2 N–H and O–H groups in total. The van der Waals surface area contributed by atoms with E-state index >= 15 is 0 Å². The summed E-state index contributed by atoms with van der Waals surface area (Å²) >= 11 is 0. The molecule has 0 saturated carbocycles. The van der Waals surface area contributed by atoms with Crippen molar-refractivity contribution in [3.8, 4) is 5.75 Å². The minimum Gasteiger partial charge on any atom is -0.453 e. The summed E-state index contributed by atoms with van der Waals surface area (Å²) in [4.78, 5) is 38.6. The maximum atomic E-state index is 11.6. The van der Waals surface area contributed by atoms with Crippen LogP contribution in [0.15, 0.2) is 46.6 Å². The van der Waals surface area contributed by atoms with Crippen LogP contribution in [0.4, 0.5) is 32.6 Å². The fourth-order valence-corrected chi connectivity index (χ4v) is 1.87. The van der Waals surface area contributed by atoms with Crippen molar-refractivity contribution in [2.75, 3.05) is 24.9 Å². The molecule has 0 atom stereocenters. The number of aromatic nitrogens is 1. The average molecular weight is 387 g/mol. The monoisotopic (exact) mass is 387 g/mol. The summed E-state index contributed by atoms with van der Waals surface area (Å²) in [5.74, 6) is -0.847. The van der Waals surface area contributed by atoms with E-state index in [1.807, 2.05) is 6.07 Å². The van der Waals surface area contributed by atoms with Gasteiger partial charge in [-0.15, -0.1) is 5.11 Å². The quantitative estimate of drug-likeness (QED) is 0.587. The zero-order valence-corrected chi connectivity index (χ0v) is 15.3. The number of carbonyl (C=O) groups excluding carboxylic acids is 3. The van der Waals surface area contributed by atoms with Gasteiger partial charge in [-0.3, -0.25) is 10.1 Å². The molecule has 1 aromatic heterocycles. The summed E-state index contributed by atoms with van der Waals surface area (Å²) in [6, 6.07) is 10.0. The number of nitrogens with zero attached hydrogens (tertiary/aromatic N) is 3. The summed E-state index contributed by atoms with van der Waals surface area (Å²) in [6.45, 7) is 1.24. The molecule has 2 amide bonds. The number of azo groups is 1. The highest BCUT2D eigenvalue weighted by Gasteiger charge is 2.19. The van der Waals surface area contributed by atoms with Crippen LogP contribution >= 0.6 is 0 Å². The second-order valence-electron chi connectivity index (χ2n) is 5.09. The average Bonchev–Trinajstić information content (AvgIpc) is 2.68. The summed E-state index contributed by atoms with van der Waals surface area (Å²) in [5.41, 5.74) is 0.579. The number of carbonyl (C=O) groups is 3. The van der Waals surface area contributed by atoms with Crippen molar-refractivity contribution in [1.82, 2.24) is 4.98 Å². The Labute approximate surface area is 159 Å². The van der Waals surface area contributed by atoms with Crippen molar-refractivity contribution < 1.29 is 28.6 Å². The van der Waals surface area contributed by atoms with Crippen molar-refractivity contribution >= 4 is 41.2 Å². The number of benzene rings is 1. The van der Waals surface area contributed by atoms with Crippen molar-refractivity contribution in [3.63, 3.8) is 0 Å². The number of anilines is 2.